The Morgan fingerprint density at radius 1 is 1.29 bits per heavy atom. The lowest BCUT2D eigenvalue weighted by molar-refractivity contribution is 0.0732. The second-order valence-electron chi connectivity index (χ2n) is 4.76. The number of hydrogen-bond donors (Lipinski definition) is 1. The molecule has 1 aliphatic heterocycles. The molecule has 7 heteroatoms. The van der Waals surface area contributed by atoms with Crippen LogP contribution in [-0.4, -0.2) is 27.3 Å². The number of aromatic nitrogens is 2. The molecule has 0 saturated heterocycles. The van der Waals surface area contributed by atoms with Gasteiger partial charge in [-0.25, -0.2) is 9.97 Å². The molecule has 2 heterocycles. The van der Waals surface area contributed by atoms with E-state index >= 15 is 0 Å². The Kier molecular flexibility index (Phi) is 3.69. The Morgan fingerprint density at radius 3 is 2.90 bits per heavy atom. The molecule has 0 fully saturated rings. The van der Waals surface area contributed by atoms with Gasteiger partial charge in [-0.05, 0) is 18.6 Å². The van der Waals surface area contributed by atoms with Crippen LogP contribution in [-0.2, 0) is 13.0 Å². The SMILES string of the molecule is Nc1ncnc2c1CCN(C(=O)c1cccc(Cl)c1Cl)C2. The number of nitrogen functional groups attached to an aromatic ring is 1. The van der Waals surface area contributed by atoms with Crippen LogP contribution in [0.4, 0.5) is 5.82 Å². The number of carbonyl (C=O) groups is 1. The molecule has 0 radical (unpaired) electrons. The molecule has 0 unspecified atom stereocenters. The number of benzene rings is 1. The molecular weight excluding hydrogens is 311 g/mol. The third-order valence-corrected chi connectivity index (χ3v) is 4.33. The predicted octanol–water partition coefficient (Wildman–Crippen LogP) is 2.56. The number of nitrogens with zero attached hydrogens (tertiary/aromatic N) is 3. The molecule has 0 aliphatic carbocycles. The lowest BCUT2D eigenvalue weighted by Gasteiger charge is -2.28. The van der Waals surface area contributed by atoms with Crippen LogP contribution >= 0.6 is 23.2 Å². The Bertz CT molecular complexity index is 720. The molecule has 0 atom stereocenters. The van der Waals surface area contributed by atoms with Gasteiger partial charge in [0.2, 0.25) is 0 Å². The number of hydrogen-bond acceptors (Lipinski definition) is 4. The molecule has 21 heavy (non-hydrogen) atoms. The van der Waals surface area contributed by atoms with Crippen molar-refractivity contribution in [1.82, 2.24) is 14.9 Å². The zero-order valence-electron chi connectivity index (χ0n) is 11.0. The lowest BCUT2D eigenvalue weighted by atomic mass is 10.0. The second-order valence-corrected chi connectivity index (χ2v) is 5.55. The average Bonchev–Trinajstić information content (AvgIpc) is 2.49. The van der Waals surface area contributed by atoms with Crippen LogP contribution < -0.4 is 5.73 Å². The third kappa shape index (κ3) is 2.54. The van der Waals surface area contributed by atoms with E-state index in [1.54, 1.807) is 23.1 Å². The maximum Gasteiger partial charge on any atom is 0.255 e. The molecule has 1 aromatic heterocycles. The van der Waals surface area contributed by atoms with Crippen LogP contribution in [0.1, 0.15) is 21.6 Å². The number of carbonyl (C=O) groups excluding carboxylic acids is 1. The first-order valence-corrected chi connectivity index (χ1v) is 7.15. The van der Waals surface area contributed by atoms with Crippen LogP contribution in [0.5, 0.6) is 0 Å². The highest BCUT2D eigenvalue weighted by Gasteiger charge is 2.25. The molecule has 3 rings (SSSR count). The first kappa shape index (κ1) is 14.1. The quantitative estimate of drug-likeness (QED) is 0.875. The van der Waals surface area contributed by atoms with E-state index < -0.39 is 0 Å². The van der Waals surface area contributed by atoms with E-state index in [-0.39, 0.29) is 10.9 Å². The number of halogens is 2. The topological polar surface area (TPSA) is 72.1 Å². The smallest absolute Gasteiger partial charge is 0.255 e. The number of fused-ring (bicyclic) bond motifs is 1. The van der Waals surface area contributed by atoms with Gasteiger partial charge in [0, 0.05) is 12.1 Å². The molecule has 0 spiro atoms. The van der Waals surface area contributed by atoms with Gasteiger partial charge in [0.15, 0.2) is 0 Å². The Labute approximate surface area is 131 Å². The average molecular weight is 323 g/mol. The van der Waals surface area contributed by atoms with Gasteiger partial charge in [-0.15, -0.1) is 0 Å². The number of rotatable bonds is 1. The van der Waals surface area contributed by atoms with E-state index in [4.69, 9.17) is 28.9 Å². The van der Waals surface area contributed by atoms with E-state index in [1.165, 1.54) is 6.33 Å². The Morgan fingerprint density at radius 2 is 2.10 bits per heavy atom. The Hall–Kier alpha value is -1.85. The summed E-state index contributed by atoms with van der Waals surface area (Å²) in [5.41, 5.74) is 7.92. The van der Waals surface area contributed by atoms with Gasteiger partial charge in [-0.2, -0.15) is 0 Å². The summed E-state index contributed by atoms with van der Waals surface area (Å²) in [6.45, 7) is 0.940. The normalized spacial score (nSPS) is 13.9. The summed E-state index contributed by atoms with van der Waals surface area (Å²) in [6.07, 6.45) is 2.04. The summed E-state index contributed by atoms with van der Waals surface area (Å²) in [6, 6.07) is 5.03. The molecular formula is C14H12Cl2N4O. The Balaban J connectivity index is 1.89. The minimum Gasteiger partial charge on any atom is -0.383 e. The van der Waals surface area contributed by atoms with Crippen molar-refractivity contribution in [3.63, 3.8) is 0 Å². The van der Waals surface area contributed by atoms with E-state index in [0.717, 1.165) is 11.3 Å². The standard InChI is InChI=1S/C14H12Cl2N4O/c15-10-3-1-2-9(12(10)16)14(21)20-5-4-8-11(6-20)18-7-19-13(8)17/h1-3,7H,4-6H2,(H2,17,18,19). The maximum atomic E-state index is 12.6. The van der Waals surface area contributed by atoms with E-state index in [9.17, 15) is 4.79 Å². The number of anilines is 1. The molecule has 2 N–H and O–H groups in total. The highest BCUT2D eigenvalue weighted by atomic mass is 35.5. The summed E-state index contributed by atoms with van der Waals surface area (Å²) < 4.78 is 0. The lowest BCUT2D eigenvalue weighted by Crippen LogP contribution is -2.37. The van der Waals surface area contributed by atoms with Crippen LogP contribution in [0.15, 0.2) is 24.5 Å². The molecule has 0 saturated carbocycles. The highest BCUT2D eigenvalue weighted by molar-refractivity contribution is 6.43. The van der Waals surface area contributed by atoms with Gasteiger partial charge in [0.05, 0.1) is 27.8 Å². The van der Waals surface area contributed by atoms with Gasteiger partial charge in [0.25, 0.3) is 5.91 Å². The van der Waals surface area contributed by atoms with Crippen LogP contribution in [0.3, 0.4) is 0 Å². The molecule has 1 aliphatic rings. The van der Waals surface area contributed by atoms with Gasteiger partial charge >= 0.3 is 0 Å². The van der Waals surface area contributed by atoms with E-state index in [0.29, 0.717) is 35.9 Å². The molecule has 1 aromatic carbocycles. The van der Waals surface area contributed by atoms with Crippen LogP contribution in [0.2, 0.25) is 10.0 Å². The summed E-state index contributed by atoms with van der Waals surface area (Å²) >= 11 is 12.1. The summed E-state index contributed by atoms with van der Waals surface area (Å²) in [4.78, 5) is 22.4. The van der Waals surface area contributed by atoms with Gasteiger partial charge in [0.1, 0.15) is 12.1 Å². The summed E-state index contributed by atoms with van der Waals surface area (Å²) in [7, 11) is 0. The largest absolute Gasteiger partial charge is 0.383 e. The molecule has 0 bridgehead atoms. The highest BCUT2D eigenvalue weighted by Crippen LogP contribution is 2.28. The fourth-order valence-electron chi connectivity index (χ4n) is 2.39. The molecule has 2 aromatic rings. The van der Waals surface area contributed by atoms with Crippen molar-refractivity contribution >= 4 is 34.9 Å². The first-order chi connectivity index (χ1) is 10.1. The molecule has 1 amide bonds. The van der Waals surface area contributed by atoms with Gasteiger partial charge < -0.3 is 10.6 Å². The molecule has 108 valence electrons. The number of amides is 1. The summed E-state index contributed by atoms with van der Waals surface area (Å²) in [5, 5.41) is 0.642. The fourth-order valence-corrected chi connectivity index (χ4v) is 2.77. The van der Waals surface area contributed by atoms with Gasteiger partial charge in [-0.3, -0.25) is 4.79 Å². The van der Waals surface area contributed by atoms with Crippen LogP contribution in [0, 0.1) is 0 Å². The van der Waals surface area contributed by atoms with Crippen LogP contribution in [0.25, 0.3) is 0 Å². The monoisotopic (exact) mass is 322 g/mol. The van der Waals surface area contributed by atoms with Crippen molar-refractivity contribution in [3.05, 3.63) is 51.4 Å². The van der Waals surface area contributed by atoms with E-state index in [1.807, 2.05) is 0 Å². The third-order valence-electron chi connectivity index (χ3n) is 3.51. The number of nitrogens with two attached hydrogens (primary N) is 1. The second kappa shape index (κ2) is 5.50. The van der Waals surface area contributed by atoms with Crippen molar-refractivity contribution in [1.29, 1.82) is 0 Å². The molecule has 5 nitrogen and oxygen atoms in total. The zero-order valence-corrected chi connectivity index (χ0v) is 12.5. The maximum absolute atomic E-state index is 12.6. The summed E-state index contributed by atoms with van der Waals surface area (Å²) in [5.74, 6) is 0.318. The van der Waals surface area contributed by atoms with Gasteiger partial charge in [-0.1, -0.05) is 29.3 Å². The van der Waals surface area contributed by atoms with Crippen molar-refractivity contribution in [2.24, 2.45) is 0 Å². The van der Waals surface area contributed by atoms with Crippen molar-refractivity contribution in [3.8, 4) is 0 Å². The minimum atomic E-state index is -0.162. The van der Waals surface area contributed by atoms with E-state index in [2.05, 4.69) is 9.97 Å². The van der Waals surface area contributed by atoms with Crippen molar-refractivity contribution in [2.75, 3.05) is 12.3 Å². The minimum absolute atomic E-state index is 0.162. The van der Waals surface area contributed by atoms with Crippen molar-refractivity contribution < 1.29 is 4.79 Å². The predicted molar refractivity (Wildman–Crippen MR) is 81.4 cm³/mol. The zero-order chi connectivity index (χ0) is 15.0. The first-order valence-electron chi connectivity index (χ1n) is 6.39. The van der Waals surface area contributed by atoms with Crippen molar-refractivity contribution in [2.45, 2.75) is 13.0 Å². The fraction of sp³-hybridized carbons (Fsp3) is 0.214.